The Hall–Kier alpha value is -1.07. The number of piperidine rings is 1. The maximum Gasteiger partial charge on any atom is 0.318 e. The molecule has 6 heteroatoms. The van der Waals surface area contributed by atoms with E-state index in [-0.39, 0.29) is 0 Å². The SMILES string of the molecule is COc1ncc(Cl)c(N2CCCC(CCN)C2)n1. The minimum atomic E-state index is 0.357. The number of ether oxygens (including phenoxy) is 1. The van der Waals surface area contributed by atoms with Crippen LogP contribution in [0, 0.1) is 5.92 Å². The number of hydrogen-bond donors (Lipinski definition) is 1. The van der Waals surface area contributed by atoms with E-state index in [1.165, 1.54) is 6.42 Å². The van der Waals surface area contributed by atoms with Gasteiger partial charge in [-0.15, -0.1) is 0 Å². The van der Waals surface area contributed by atoms with Gasteiger partial charge in [0, 0.05) is 13.1 Å². The first-order chi connectivity index (χ1) is 8.74. The molecule has 0 radical (unpaired) electrons. The molecule has 2 N–H and O–H groups in total. The molecule has 1 atom stereocenters. The molecule has 1 aromatic heterocycles. The van der Waals surface area contributed by atoms with E-state index < -0.39 is 0 Å². The van der Waals surface area contributed by atoms with Gasteiger partial charge in [-0.25, -0.2) is 4.98 Å². The Kier molecular flexibility index (Phi) is 4.60. The molecule has 0 bridgehead atoms. The lowest BCUT2D eigenvalue weighted by atomic mass is 9.95. The molecule has 18 heavy (non-hydrogen) atoms. The highest BCUT2D eigenvalue weighted by Crippen LogP contribution is 2.29. The molecule has 0 aromatic carbocycles. The number of nitrogens with zero attached hydrogens (tertiary/aromatic N) is 3. The Morgan fingerprint density at radius 1 is 1.61 bits per heavy atom. The molecule has 0 amide bonds. The number of methoxy groups -OCH3 is 1. The Balaban J connectivity index is 2.14. The summed E-state index contributed by atoms with van der Waals surface area (Å²) in [7, 11) is 1.56. The van der Waals surface area contributed by atoms with Gasteiger partial charge in [0.25, 0.3) is 0 Å². The van der Waals surface area contributed by atoms with Crippen LogP contribution in [-0.2, 0) is 0 Å². The van der Waals surface area contributed by atoms with E-state index in [0.717, 1.165) is 38.3 Å². The van der Waals surface area contributed by atoms with Crippen molar-refractivity contribution in [1.29, 1.82) is 0 Å². The first kappa shape index (κ1) is 13.4. The van der Waals surface area contributed by atoms with Gasteiger partial charge in [0.1, 0.15) is 5.02 Å². The first-order valence-corrected chi connectivity index (χ1v) is 6.64. The van der Waals surface area contributed by atoms with E-state index in [0.29, 0.717) is 17.0 Å². The lowest BCUT2D eigenvalue weighted by Crippen LogP contribution is -2.37. The van der Waals surface area contributed by atoms with Gasteiger partial charge in [-0.2, -0.15) is 4.98 Å². The summed E-state index contributed by atoms with van der Waals surface area (Å²) < 4.78 is 5.05. The topological polar surface area (TPSA) is 64.3 Å². The maximum atomic E-state index is 6.16. The van der Waals surface area contributed by atoms with E-state index in [4.69, 9.17) is 22.1 Å². The van der Waals surface area contributed by atoms with Gasteiger partial charge in [0.05, 0.1) is 13.3 Å². The number of rotatable bonds is 4. The van der Waals surface area contributed by atoms with Gasteiger partial charge in [-0.1, -0.05) is 11.6 Å². The molecule has 100 valence electrons. The highest BCUT2D eigenvalue weighted by atomic mass is 35.5. The van der Waals surface area contributed by atoms with Crippen molar-refractivity contribution in [2.24, 2.45) is 11.7 Å². The van der Waals surface area contributed by atoms with Crippen LogP contribution in [0.5, 0.6) is 6.01 Å². The molecule has 1 unspecified atom stereocenters. The third-order valence-electron chi connectivity index (χ3n) is 3.28. The molecular weight excluding hydrogens is 252 g/mol. The predicted octanol–water partition coefficient (Wildman–Crippen LogP) is 1.70. The molecule has 1 aliphatic heterocycles. The standard InChI is InChI=1S/C12H19ClN4O/c1-18-12-15-7-10(13)11(16-12)17-6-2-3-9(8-17)4-5-14/h7,9H,2-6,8,14H2,1H3. The molecule has 2 rings (SSSR count). The number of aromatic nitrogens is 2. The second-order valence-electron chi connectivity index (χ2n) is 4.56. The summed E-state index contributed by atoms with van der Waals surface area (Å²) in [6.45, 7) is 2.66. The molecular formula is C12H19ClN4O. The van der Waals surface area contributed by atoms with Crippen LogP contribution in [0.2, 0.25) is 5.02 Å². The molecule has 0 aliphatic carbocycles. The van der Waals surface area contributed by atoms with E-state index in [2.05, 4.69) is 14.9 Å². The van der Waals surface area contributed by atoms with Gasteiger partial charge < -0.3 is 15.4 Å². The molecule has 1 aliphatic rings. The summed E-state index contributed by atoms with van der Waals surface area (Å²) in [5.41, 5.74) is 5.63. The van der Waals surface area contributed by atoms with Gasteiger partial charge in [0.2, 0.25) is 0 Å². The highest BCUT2D eigenvalue weighted by Gasteiger charge is 2.22. The summed E-state index contributed by atoms with van der Waals surface area (Å²) in [5, 5.41) is 0.573. The van der Waals surface area contributed by atoms with Crippen molar-refractivity contribution < 1.29 is 4.74 Å². The van der Waals surface area contributed by atoms with Crippen molar-refractivity contribution in [3.63, 3.8) is 0 Å². The Bertz CT molecular complexity index is 400. The molecule has 0 spiro atoms. The Morgan fingerprint density at radius 3 is 3.17 bits per heavy atom. The predicted molar refractivity (Wildman–Crippen MR) is 72.2 cm³/mol. The fourth-order valence-electron chi connectivity index (χ4n) is 2.39. The lowest BCUT2D eigenvalue weighted by Gasteiger charge is -2.33. The third kappa shape index (κ3) is 3.03. The van der Waals surface area contributed by atoms with Crippen LogP contribution in [0.3, 0.4) is 0 Å². The summed E-state index contributed by atoms with van der Waals surface area (Å²) in [6.07, 6.45) is 5.02. The highest BCUT2D eigenvalue weighted by molar-refractivity contribution is 6.32. The summed E-state index contributed by atoms with van der Waals surface area (Å²) >= 11 is 6.16. The van der Waals surface area contributed by atoms with E-state index in [1.807, 2.05) is 0 Å². The van der Waals surface area contributed by atoms with E-state index in [1.54, 1.807) is 13.3 Å². The first-order valence-electron chi connectivity index (χ1n) is 6.26. The monoisotopic (exact) mass is 270 g/mol. The van der Waals surface area contributed by atoms with Crippen LogP contribution in [0.4, 0.5) is 5.82 Å². The third-order valence-corrected chi connectivity index (χ3v) is 3.55. The van der Waals surface area contributed by atoms with Crippen LogP contribution >= 0.6 is 11.6 Å². The lowest BCUT2D eigenvalue weighted by molar-refractivity contribution is 0.373. The van der Waals surface area contributed by atoms with E-state index >= 15 is 0 Å². The normalized spacial score (nSPS) is 19.9. The van der Waals surface area contributed by atoms with Crippen LogP contribution in [0.15, 0.2) is 6.20 Å². The zero-order valence-electron chi connectivity index (χ0n) is 10.6. The Morgan fingerprint density at radius 2 is 2.44 bits per heavy atom. The fourth-order valence-corrected chi connectivity index (χ4v) is 2.60. The molecule has 2 heterocycles. The number of hydrogen-bond acceptors (Lipinski definition) is 5. The van der Waals surface area contributed by atoms with E-state index in [9.17, 15) is 0 Å². The molecule has 0 saturated carbocycles. The van der Waals surface area contributed by atoms with Crippen molar-refractivity contribution in [1.82, 2.24) is 9.97 Å². The minimum absolute atomic E-state index is 0.357. The van der Waals surface area contributed by atoms with Crippen LogP contribution < -0.4 is 15.4 Å². The fraction of sp³-hybridized carbons (Fsp3) is 0.667. The quantitative estimate of drug-likeness (QED) is 0.902. The summed E-state index contributed by atoms with van der Waals surface area (Å²) in [6, 6.07) is 0.357. The van der Waals surface area contributed by atoms with Gasteiger partial charge in [0.15, 0.2) is 5.82 Å². The number of nitrogens with two attached hydrogens (primary N) is 1. The average Bonchev–Trinajstić information content (AvgIpc) is 2.40. The van der Waals surface area contributed by atoms with Crippen molar-refractivity contribution in [3.8, 4) is 6.01 Å². The van der Waals surface area contributed by atoms with Crippen LogP contribution in [-0.4, -0.2) is 36.7 Å². The number of halogens is 1. The van der Waals surface area contributed by atoms with Crippen molar-refractivity contribution in [2.75, 3.05) is 31.6 Å². The molecule has 1 saturated heterocycles. The minimum Gasteiger partial charge on any atom is -0.467 e. The van der Waals surface area contributed by atoms with Crippen molar-refractivity contribution >= 4 is 17.4 Å². The van der Waals surface area contributed by atoms with Crippen molar-refractivity contribution in [3.05, 3.63) is 11.2 Å². The Labute approximate surface area is 112 Å². The second kappa shape index (κ2) is 6.20. The second-order valence-corrected chi connectivity index (χ2v) is 4.97. The van der Waals surface area contributed by atoms with Gasteiger partial charge in [-0.05, 0) is 31.7 Å². The molecule has 5 nitrogen and oxygen atoms in total. The largest absolute Gasteiger partial charge is 0.467 e. The maximum absolute atomic E-state index is 6.16. The summed E-state index contributed by atoms with van der Waals surface area (Å²) in [5.74, 6) is 1.39. The number of anilines is 1. The average molecular weight is 271 g/mol. The molecule has 1 aromatic rings. The van der Waals surface area contributed by atoms with Crippen molar-refractivity contribution in [2.45, 2.75) is 19.3 Å². The van der Waals surface area contributed by atoms with Gasteiger partial charge >= 0.3 is 6.01 Å². The summed E-state index contributed by atoms with van der Waals surface area (Å²) in [4.78, 5) is 10.5. The zero-order valence-corrected chi connectivity index (χ0v) is 11.4. The van der Waals surface area contributed by atoms with Gasteiger partial charge in [-0.3, -0.25) is 0 Å². The van der Waals surface area contributed by atoms with Crippen LogP contribution in [0.1, 0.15) is 19.3 Å². The smallest absolute Gasteiger partial charge is 0.318 e. The zero-order chi connectivity index (χ0) is 13.0. The molecule has 1 fully saturated rings. The van der Waals surface area contributed by atoms with Crippen LogP contribution in [0.25, 0.3) is 0 Å².